The van der Waals surface area contributed by atoms with Gasteiger partial charge in [0.2, 0.25) is 5.91 Å². The minimum atomic E-state index is -0.459. The molecule has 2 heterocycles. The SMILES string of the molecule is CCCCCn1c(CCC(=O)NCCOc2ccc(F)cc2)nc2c1c(=O)[nH]c(=O)n2CCCC. The van der Waals surface area contributed by atoms with E-state index in [-0.39, 0.29) is 24.8 Å². The van der Waals surface area contributed by atoms with Gasteiger partial charge < -0.3 is 14.6 Å². The minimum absolute atomic E-state index is 0.169. The Labute approximate surface area is 203 Å². The highest BCUT2D eigenvalue weighted by molar-refractivity contribution is 5.76. The third-order valence-electron chi connectivity index (χ3n) is 5.77. The molecule has 0 aliphatic carbocycles. The number of amides is 1. The Morgan fingerprint density at radius 2 is 1.77 bits per heavy atom. The van der Waals surface area contributed by atoms with E-state index < -0.39 is 11.2 Å². The summed E-state index contributed by atoms with van der Waals surface area (Å²) in [6.45, 7) is 5.77. The highest BCUT2D eigenvalue weighted by atomic mass is 19.1. The molecule has 0 aliphatic heterocycles. The first-order chi connectivity index (χ1) is 16.9. The number of ether oxygens (including phenoxy) is 1. The Morgan fingerprint density at radius 3 is 2.49 bits per heavy atom. The van der Waals surface area contributed by atoms with Gasteiger partial charge in [-0.3, -0.25) is 19.1 Å². The van der Waals surface area contributed by atoms with E-state index in [1.165, 1.54) is 28.8 Å². The second kappa shape index (κ2) is 12.9. The average Bonchev–Trinajstić information content (AvgIpc) is 3.20. The van der Waals surface area contributed by atoms with Crippen molar-refractivity contribution in [3.63, 3.8) is 0 Å². The number of halogens is 1. The van der Waals surface area contributed by atoms with Crippen molar-refractivity contribution in [1.82, 2.24) is 24.4 Å². The number of unbranched alkanes of at least 4 members (excludes halogenated alkanes) is 3. The molecule has 0 fully saturated rings. The van der Waals surface area contributed by atoms with Gasteiger partial charge in [-0.25, -0.2) is 14.2 Å². The van der Waals surface area contributed by atoms with Crippen molar-refractivity contribution < 1.29 is 13.9 Å². The van der Waals surface area contributed by atoms with Crippen LogP contribution >= 0.6 is 0 Å². The Kier molecular flexibility index (Phi) is 9.63. The molecule has 10 heteroatoms. The molecule has 2 N–H and O–H groups in total. The van der Waals surface area contributed by atoms with E-state index in [0.29, 0.717) is 48.8 Å². The summed E-state index contributed by atoms with van der Waals surface area (Å²) in [6, 6.07) is 5.69. The van der Waals surface area contributed by atoms with Crippen LogP contribution < -0.4 is 21.3 Å². The van der Waals surface area contributed by atoms with Gasteiger partial charge in [-0.2, -0.15) is 0 Å². The molecule has 0 aliphatic rings. The highest BCUT2D eigenvalue weighted by Gasteiger charge is 2.19. The number of aromatic nitrogens is 4. The van der Waals surface area contributed by atoms with Gasteiger partial charge in [-0.15, -0.1) is 0 Å². The first-order valence-corrected chi connectivity index (χ1v) is 12.3. The van der Waals surface area contributed by atoms with Gasteiger partial charge in [-0.05, 0) is 37.1 Å². The van der Waals surface area contributed by atoms with E-state index in [0.717, 1.165) is 32.1 Å². The molecule has 9 nitrogen and oxygen atoms in total. The van der Waals surface area contributed by atoms with Crippen molar-refractivity contribution in [2.75, 3.05) is 13.2 Å². The number of aryl methyl sites for hydroxylation is 3. The molecule has 3 aromatic rings. The molecular formula is C25H34FN5O4. The minimum Gasteiger partial charge on any atom is -0.492 e. The van der Waals surface area contributed by atoms with Crippen LogP contribution in [0.4, 0.5) is 4.39 Å². The molecule has 0 spiro atoms. The molecule has 35 heavy (non-hydrogen) atoms. The molecule has 0 radical (unpaired) electrons. The lowest BCUT2D eigenvalue weighted by Gasteiger charge is -2.10. The van der Waals surface area contributed by atoms with Crippen LogP contribution in [0.3, 0.4) is 0 Å². The number of carbonyl (C=O) groups is 1. The Balaban J connectivity index is 1.69. The van der Waals surface area contributed by atoms with Crippen molar-refractivity contribution in [3.8, 4) is 5.75 Å². The summed E-state index contributed by atoms with van der Waals surface area (Å²) >= 11 is 0. The second-order valence-electron chi connectivity index (χ2n) is 8.48. The maximum atomic E-state index is 13.0. The average molecular weight is 488 g/mol. The van der Waals surface area contributed by atoms with Crippen LogP contribution in [0.15, 0.2) is 33.9 Å². The lowest BCUT2D eigenvalue weighted by molar-refractivity contribution is -0.121. The molecule has 1 aromatic carbocycles. The number of hydrogen-bond acceptors (Lipinski definition) is 5. The summed E-state index contributed by atoms with van der Waals surface area (Å²) in [5, 5.41) is 2.80. The Hall–Kier alpha value is -3.43. The zero-order chi connectivity index (χ0) is 25.2. The number of benzene rings is 1. The van der Waals surface area contributed by atoms with Crippen LogP contribution in [0.1, 0.15) is 58.2 Å². The fourth-order valence-electron chi connectivity index (χ4n) is 3.90. The van der Waals surface area contributed by atoms with Crippen LogP contribution in [0.2, 0.25) is 0 Å². The predicted octanol–water partition coefficient (Wildman–Crippen LogP) is 3.14. The first kappa shape index (κ1) is 26.2. The van der Waals surface area contributed by atoms with E-state index in [1.807, 2.05) is 11.5 Å². The fourth-order valence-corrected chi connectivity index (χ4v) is 3.90. The zero-order valence-electron chi connectivity index (χ0n) is 20.4. The lowest BCUT2D eigenvalue weighted by atomic mass is 10.2. The number of imidazole rings is 1. The standard InChI is InChI=1S/C25H34FN5O4/c1-3-5-7-16-30-20(28-23-22(30)24(33)29-25(34)31(23)15-6-4-2)12-13-21(32)27-14-17-35-19-10-8-18(26)9-11-19/h8-11H,3-7,12-17H2,1-2H3,(H,27,32)(H,29,33,34). The molecular weight excluding hydrogens is 453 g/mol. The van der Waals surface area contributed by atoms with Crippen molar-refractivity contribution in [1.29, 1.82) is 0 Å². The molecule has 0 saturated heterocycles. The number of hydrogen-bond donors (Lipinski definition) is 2. The molecule has 0 saturated carbocycles. The third-order valence-corrected chi connectivity index (χ3v) is 5.77. The first-order valence-electron chi connectivity index (χ1n) is 12.3. The number of fused-ring (bicyclic) bond motifs is 1. The summed E-state index contributed by atoms with van der Waals surface area (Å²) < 4.78 is 21.8. The maximum Gasteiger partial charge on any atom is 0.330 e. The van der Waals surface area contributed by atoms with Gasteiger partial charge in [-0.1, -0.05) is 33.1 Å². The zero-order valence-corrected chi connectivity index (χ0v) is 20.4. The number of nitrogens with one attached hydrogen (secondary N) is 2. The Morgan fingerprint density at radius 1 is 1.06 bits per heavy atom. The van der Waals surface area contributed by atoms with Gasteiger partial charge >= 0.3 is 5.69 Å². The van der Waals surface area contributed by atoms with E-state index in [2.05, 4.69) is 22.2 Å². The summed E-state index contributed by atoms with van der Waals surface area (Å²) in [6.07, 6.45) is 5.12. The smallest absolute Gasteiger partial charge is 0.330 e. The number of nitrogens with zero attached hydrogens (tertiary/aromatic N) is 3. The molecule has 3 rings (SSSR count). The molecule has 0 unspecified atom stereocenters. The topological polar surface area (TPSA) is 111 Å². The van der Waals surface area contributed by atoms with Crippen molar-refractivity contribution in [2.24, 2.45) is 0 Å². The Bertz CT molecular complexity index is 1230. The second-order valence-corrected chi connectivity index (χ2v) is 8.48. The van der Waals surface area contributed by atoms with Gasteiger partial charge in [0.25, 0.3) is 5.56 Å². The van der Waals surface area contributed by atoms with E-state index >= 15 is 0 Å². The summed E-state index contributed by atoms with van der Waals surface area (Å²) in [5.41, 5.74) is -0.137. The van der Waals surface area contributed by atoms with Gasteiger partial charge in [0.15, 0.2) is 11.2 Å². The normalized spacial score (nSPS) is 11.2. The van der Waals surface area contributed by atoms with Crippen molar-refractivity contribution >= 4 is 17.1 Å². The van der Waals surface area contributed by atoms with Crippen LogP contribution in [0.25, 0.3) is 11.2 Å². The van der Waals surface area contributed by atoms with Crippen LogP contribution in [-0.2, 0) is 24.3 Å². The predicted molar refractivity (Wildman–Crippen MR) is 132 cm³/mol. The van der Waals surface area contributed by atoms with Crippen molar-refractivity contribution in [2.45, 2.75) is 71.9 Å². The summed E-state index contributed by atoms with van der Waals surface area (Å²) in [7, 11) is 0. The van der Waals surface area contributed by atoms with Crippen LogP contribution in [0, 0.1) is 5.82 Å². The molecule has 1 amide bonds. The molecule has 2 aromatic heterocycles. The molecule has 0 bridgehead atoms. The van der Waals surface area contributed by atoms with Crippen molar-refractivity contribution in [3.05, 3.63) is 56.7 Å². The van der Waals surface area contributed by atoms with Gasteiger partial charge in [0.05, 0.1) is 6.54 Å². The maximum absolute atomic E-state index is 13.0. The number of rotatable bonds is 14. The third kappa shape index (κ3) is 7.03. The highest BCUT2D eigenvalue weighted by Crippen LogP contribution is 2.16. The van der Waals surface area contributed by atoms with E-state index in [9.17, 15) is 18.8 Å². The van der Waals surface area contributed by atoms with E-state index in [1.54, 1.807) is 0 Å². The lowest BCUT2D eigenvalue weighted by Crippen LogP contribution is -2.31. The fraction of sp³-hybridized carbons (Fsp3) is 0.520. The quantitative estimate of drug-likeness (QED) is 0.340. The van der Waals surface area contributed by atoms with Gasteiger partial charge in [0.1, 0.15) is 24.0 Å². The summed E-state index contributed by atoms with van der Waals surface area (Å²) in [5.74, 6) is 0.642. The number of H-pyrrole nitrogens is 1. The van der Waals surface area contributed by atoms with Crippen LogP contribution in [0.5, 0.6) is 5.75 Å². The largest absolute Gasteiger partial charge is 0.492 e. The van der Waals surface area contributed by atoms with Crippen LogP contribution in [-0.4, -0.2) is 38.2 Å². The molecule has 0 atom stereocenters. The monoisotopic (exact) mass is 487 g/mol. The number of aromatic amines is 1. The summed E-state index contributed by atoms with van der Waals surface area (Å²) in [4.78, 5) is 44.6. The van der Waals surface area contributed by atoms with Gasteiger partial charge in [0, 0.05) is 25.9 Å². The van der Waals surface area contributed by atoms with E-state index in [4.69, 9.17) is 4.74 Å². The number of carbonyl (C=O) groups excluding carboxylic acids is 1. The molecule has 190 valence electrons.